The lowest BCUT2D eigenvalue weighted by Crippen LogP contribution is -2.42. The third-order valence-corrected chi connectivity index (χ3v) is 4.24. The van der Waals surface area contributed by atoms with Crippen molar-refractivity contribution in [2.45, 2.75) is 33.4 Å². The van der Waals surface area contributed by atoms with E-state index in [4.69, 9.17) is 4.74 Å². The number of benzene rings is 1. The number of hydrogen-bond acceptors (Lipinski definition) is 3. The van der Waals surface area contributed by atoms with E-state index in [9.17, 15) is 4.79 Å². The SMILES string of the molecule is CCOc1c(Br)cc(Br)cc1CNC(C)C(=O)N(C)CC. The monoisotopic (exact) mass is 420 g/mol. The maximum absolute atomic E-state index is 12.1. The van der Waals surface area contributed by atoms with Crippen LogP contribution in [0.25, 0.3) is 0 Å². The fourth-order valence-corrected chi connectivity index (χ4v) is 3.32. The largest absolute Gasteiger partial charge is 0.492 e. The molecule has 118 valence electrons. The first-order valence-electron chi connectivity index (χ1n) is 6.99. The number of amides is 1. The van der Waals surface area contributed by atoms with Crippen LogP contribution in [-0.2, 0) is 11.3 Å². The first-order chi connectivity index (χ1) is 9.90. The summed E-state index contributed by atoms with van der Waals surface area (Å²) in [4.78, 5) is 13.8. The molecule has 0 saturated carbocycles. The van der Waals surface area contributed by atoms with Gasteiger partial charge in [0.25, 0.3) is 0 Å². The molecule has 4 nitrogen and oxygen atoms in total. The van der Waals surface area contributed by atoms with Gasteiger partial charge in [-0.2, -0.15) is 0 Å². The molecule has 1 unspecified atom stereocenters. The van der Waals surface area contributed by atoms with Crippen LogP contribution in [0.2, 0.25) is 0 Å². The van der Waals surface area contributed by atoms with Gasteiger partial charge >= 0.3 is 0 Å². The Morgan fingerprint density at radius 1 is 1.38 bits per heavy atom. The second-order valence-electron chi connectivity index (χ2n) is 4.76. The van der Waals surface area contributed by atoms with E-state index in [0.29, 0.717) is 19.7 Å². The molecule has 0 spiro atoms. The predicted octanol–water partition coefficient (Wildman–Crippen LogP) is 3.57. The van der Waals surface area contributed by atoms with E-state index >= 15 is 0 Å². The molecule has 1 aromatic carbocycles. The number of hydrogen-bond donors (Lipinski definition) is 1. The van der Waals surface area contributed by atoms with Crippen LogP contribution < -0.4 is 10.1 Å². The van der Waals surface area contributed by atoms with Crippen molar-refractivity contribution < 1.29 is 9.53 Å². The average Bonchev–Trinajstić information content (AvgIpc) is 2.46. The zero-order valence-electron chi connectivity index (χ0n) is 12.9. The van der Waals surface area contributed by atoms with Gasteiger partial charge in [0, 0.05) is 30.2 Å². The summed E-state index contributed by atoms with van der Waals surface area (Å²) in [5, 5.41) is 3.25. The highest BCUT2D eigenvalue weighted by atomic mass is 79.9. The second-order valence-corrected chi connectivity index (χ2v) is 6.53. The number of likely N-dealkylation sites (N-methyl/N-ethyl adjacent to an activating group) is 1. The highest BCUT2D eigenvalue weighted by Gasteiger charge is 2.17. The van der Waals surface area contributed by atoms with Crippen LogP contribution in [0.5, 0.6) is 5.75 Å². The molecule has 0 aliphatic heterocycles. The number of rotatable bonds is 7. The number of nitrogens with one attached hydrogen (secondary N) is 1. The number of nitrogens with zero attached hydrogens (tertiary/aromatic N) is 1. The molecule has 1 aromatic rings. The van der Waals surface area contributed by atoms with Crippen LogP contribution in [0.3, 0.4) is 0 Å². The molecule has 0 aromatic heterocycles. The van der Waals surface area contributed by atoms with E-state index in [-0.39, 0.29) is 11.9 Å². The third-order valence-electron chi connectivity index (χ3n) is 3.19. The minimum Gasteiger partial charge on any atom is -0.492 e. The van der Waals surface area contributed by atoms with Gasteiger partial charge in [0.1, 0.15) is 5.75 Å². The van der Waals surface area contributed by atoms with Crippen LogP contribution in [0.15, 0.2) is 21.1 Å². The molecule has 0 radical (unpaired) electrons. The zero-order valence-corrected chi connectivity index (χ0v) is 16.0. The number of carbonyl (C=O) groups is 1. The molecule has 1 N–H and O–H groups in total. The molecule has 0 heterocycles. The van der Waals surface area contributed by atoms with Gasteiger partial charge in [-0.1, -0.05) is 15.9 Å². The molecular formula is C15H22Br2N2O2. The average molecular weight is 422 g/mol. The highest BCUT2D eigenvalue weighted by molar-refractivity contribution is 9.11. The normalized spacial score (nSPS) is 12.1. The minimum absolute atomic E-state index is 0.0875. The van der Waals surface area contributed by atoms with Crippen molar-refractivity contribution in [1.82, 2.24) is 10.2 Å². The summed E-state index contributed by atoms with van der Waals surface area (Å²) in [5.74, 6) is 0.904. The van der Waals surface area contributed by atoms with Crippen molar-refractivity contribution in [3.8, 4) is 5.75 Å². The summed E-state index contributed by atoms with van der Waals surface area (Å²) in [6.07, 6.45) is 0. The van der Waals surface area contributed by atoms with Crippen LogP contribution in [0.1, 0.15) is 26.3 Å². The molecule has 6 heteroatoms. The quantitative estimate of drug-likeness (QED) is 0.731. The highest BCUT2D eigenvalue weighted by Crippen LogP contribution is 2.33. The van der Waals surface area contributed by atoms with Gasteiger partial charge in [0.05, 0.1) is 17.1 Å². The van der Waals surface area contributed by atoms with Crippen molar-refractivity contribution in [3.05, 3.63) is 26.6 Å². The van der Waals surface area contributed by atoms with Crippen molar-refractivity contribution in [3.63, 3.8) is 0 Å². The molecule has 1 rings (SSSR count). The van der Waals surface area contributed by atoms with Gasteiger partial charge in [0.2, 0.25) is 5.91 Å². The van der Waals surface area contributed by atoms with Crippen LogP contribution in [0, 0.1) is 0 Å². The smallest absolute Gasteiger partial charge is 0.239 e. The molecule has 0 bridgehead atoms. The van der Waals surface area contributed by atoms with Crippen LogP contribution >= 0.6 is 31.9 Å². The van der Waals surface area contributed by atoms with Crippen molar-refractivity contribution in [2.75, 3.05) is 20.2 Å². The van der Waals surface area contributed by atoms with E-state index in [2.05, 4.69) is 37.2 Å². The molecule has 1 amide bonds. The summed E-state index contributed by atoms with van der Waals surface area (Å²) >= 11 is 6.99. The Kier molecular flexibility index (Phi) is 7.70. The van der Waals surface area contributed by atoms with E-state index in [1.807, 2.05) is 40.0 Å². The maximum atomic E-state index is 12.1. The van der Waals surface area contributed by atoms with Gasteiger partial charge in [-0.05, 0) is 48.8 Å². The van der Waals surface area contributed by atoms with Crippen molar-refractivity contribution in [2.24, 2.45) is 0 Å². The number of ether oxygens (including phenoxy) is 1. The molecule has 21 heavy (non-hydrogen) atoms. The zero-order chi connectivity index (χ0) is 16.0. The molecule has 0 saturated heterocycles. The van der Waals surface area contributed by atoms with Crippen LogP contribution in [0.4, 0.5) is 0 Å². The van der Waals surface area contributed by atoms with E-state index in [1.165, 1.54) is 0 Å². The molecule has 0 fully saturated rings. The Morgan fingerprint density at radius 2 is 2.05 bits per heavy atom. The van der Waals surface area contributed by atoms with E-state index < -0.39 is 0 Å². The Labute approximate surface area is 143 Å². The molecular weight excluding hydrogens is 400 g/mol. The summed E-state index contributed by atoms with van der Waals surface area (Å²) < 4.78 is 7.56. The topological polar surface area (TPSA) is 41.6 Å². The lowest BCUT2D eigenvalue weighted by molar-refractivity contribution is -0.131. The van der Waals surface area contributed by atoms with Crippen molar-refractivity contribution in [1.29, 1.82) is 0 Å². The van der Waals surface area contributed by atoms with Gasteiger partial charge in [-0.3, -0.25) is 4.79 Å². The van der Waals surface area contributed by atoms with Crippen molar-refractivity contribution >= 4 is 37.8 Å². The predicted molar refractivity (Wildman–Crippen MR) is 92.6 cm³/mol. The summed E-state index contributed by atoms with van der Waals surface area (Å²) in [7, 11) is 1.81. The van der Waals surface area contributed by atoms with E-state index in [0.717, 1.165) is 20.3 Å². The maximum Gasteiger partial charge on any atom is 0.239 e. The fourth-order valence-electron chi connectivity index (χ4n) is 1.89. The lowest BCUT2D eigenvalue weighted by atomic mass is 10.2. The van der Waals surface area contributed by atoms with Gasteiger partial charge < -0.3 is 15.0 Å². The number of carbonyl (C=O) groups excluding carboxylic acids is 1. The lowest BCUT2D eigenvalue weighted by Gasteiger charge is -2.21. The molecule has 0 aliphatic rings. The Morgan fingerprint density at radius 3 is 2.62 bits per heavy atom. The number of halogens is 2. The van der Waals surface area contributed by atoms with Gasteiger partial charge in [0.15, 0.2) is 0 Å². The van der Waals surface area contributed by atoms with Gasteiger partial charge in [-0.25, -0.2) is 0 Å². The standard InChI is InChI=1S/C15H22Br2N2O2/c1-5-19(4)15(20)10(3)18-9-11-7-12(16)8-13(17)14(11)21-6-2/h7-8,10,18H,5-6,9H2,1-4H3. The Bertz CT molecular complexity index is 495. The Hall–Kier alpha value is -0.590. The first-order valence-corrected chi connectivity index (χ1v) is 8.58. The fraction of sp³-hybridized carbons (Fsp3) is 0.533. The van der Waals surface area contributed by atoms with E-state index in [1.54, 1.807) is 4.90 Å². The molecule has 0 aliphatic carbocycles. The summed E-state index contributed by atoms with van der Waals surface area (Å²) in [6.45, 7) is 7.66. The van der Waals surface area contributed by atoms with Crippen LogP contribution in [-0.4, -0.2) is 37.0 Å². The third kappa shape index (κ3) is 5.27. The summed E-state index contributed by atoms with van der Waals surface area (Å²) in [6, 6.07) is 3.72. The second kappa shape index (κ2) is 8.76. The molecule has 1 atom stereocenters. The van der Waals surface area contributed by atoms with Gasteiger partial charge in [-0.15, -0.1) is 0 Å². The summed E-state index contributed by atoms with van der Waals surface area (Å²) in [5.41, 5.74) is 1.01. The Balaban J connectivity index is 2.81. The minimum atomic E-state index is -0.234. The first kappa shape index (κ1) is 18.5.